The van der Waals surface area contributed by atoms with Gasteiger partial charge in [-0.15, -0.1) is 0 Å². The lowest BCUT2D eigenvalue weighted by Gasteiger charge is -2.23. The van der Waals surface area contributed by atoms with Crippen LogP contribution < -0.4 is 5.32 Å². The van der Waals surface area contributed by atoms with E-state index in [1.807, 2.05) is 0 Å². The molecule has 0 bridgehead atoms. The number of aliphatic hydroxyl groups excluding tert-OH is 1. The van der Waals surface area contributed by atoms with E-state index in [4.69, 9.17) is 9.84 Å². The Morgan fingerprint density at radius 1 is 1.33 bits per heavy atom. The second kappa shape index (κ2) is 8.05. The molecule has 1 saturated heterocycles. The quantitative estimate of drug-likeness (QED) is 0.564. The first-order valence-electron chi connectivity index (χ1n) is 5.98. The van der Waals surface area contributed by atoms with Gasteiger partial charge in [0.05, 0.1) is 19.8 Å². The lowest BCUT2D eigenvalue weighted by molar-refractivity contribution is 0.0929. The van der Waals surface area contributed by atoms with Crippen molar-refractivity contribution in [3.05, 3.63) is 0 Å². The summed E-state index contributed by atoms with van der Waals surface area (Å²) >= 11 is 0. The van der Waals surface area contributed by atoms with Crippen molar-refractivity contribution in [1.29, 1.82) is 0 Å². The molecule has 1 fully saturated rings. The van der Waals surface area contributed by atoms with Crippen molar-refractivity contribution in [1.82, 2.24) is 10.2 Å². The largest absolute Gasteiger partial charge is 0.394 e. The van der Waals surface area contributed by atoms with Gasteiger partial charge in [0.25, 0.3) is 0 Å². The molecule has 0 amide bonds. The van der Waals surface area contributed by atoms with Crippen LogP contribution in [0, 0.1) is 0 Å². The summed E-state index contributed by atoms with van der Waals surface area (Å²) < 4.78 is 5.16. The van der Waals surface area contributed by atoms with Crippen LogP contribution in [-0.4, -0.2) is 62.0 Å². The van der Waals surface area contributed by atoms with Gasteiger partial charge in [0.2, 0.25) is 0 Å². The second-order valence-electron chi connectivity index (χ2n) is 4.13. The summed E-state index contributed by atoms with van der Waals surface area (Å²) in [5.74, 6) is 0. The summed E-state index contributed by atoms with van der Waals surface area (Å²) in [6.07, 6.45) is 2.70. The first kappa shape index (κ1) is 12.9. The molecule has 4 heteroatoms. The molecule has 0 radical (unpaired) electrons. The van der Waals surface area contributed by atoms with Gasteiger partial charge in [-0.2, -0.15) is 0 Å². The molecule has 90 valence electrons. The average molecular weight is 216 g/mol. The Hall–Kier alpha value is -0.160. The Morgan fingerprint density at radius 3 is 2.73 bits per heavy atom. The standard InChI is InChI=1S/C11H24N2O2/c1-11(13-5-2-3-6-13)10-12-4-8-15-9-7-14/h11-12,14H,2-10H2,1H3. The smallest absolute Gasteiger partial charge is 0.0698 e. The van der Waals surface area contributed by atoms with Crippen LogP contribution in [0.1, 0.15) is 19.8 Å². The van der Waals surface area contributed by atoms with Crippen LogP contribution >= 0.6 is 0 Å². The van der Waals surface area contributed by atoms with Gasteiger partial charge >= 0.3 is 0 Å². The van der Waals surface area contributed by atoms with Gasteiger partial charge < -0.3 is 15.2 Å². The number of hydrogen-bond donors (Lipinski definition) is 2. The maximum Gasteiger partial charge on any atom is 0.0698 e. The van der Waals surface area contributed by atoms with E-state index >= 15 is 0 Å². The van der Waals surface area contributed by atoms with E-state index < -0.39 is 0 Å². The Kier molecular flexibility index (Phi) is 6.92. The number of likely N-dealkylation sites (tertiary alicyclic amines) is 1. The van der Waals surface area contributed by atoms with Crippen molar-refractivity contribution in [3.63, 3.8) is 0 Å². The maximum absolute atomic E-state index is 8.50. The molecule has 2 N–H and O–H groups in total. The molecule has 0 spiro atoms. The SMILES string of the molecule is CC(CNCCOCCO)N1CCCC1. The molecule has 4 nitrogen and oxygen atoms in total. The Bertz CT molecular complexity index is 150. The van der Waals surface area contributed by atoms with Crippen molar-refractivity contribution in [3.8, 4) is 0 Å². The molecule has 15 heavy (non-hydrogen) atoms. The van der Waals surface area contributed by atoms with E-state index in [-0.39, 0.29) is 6.61 Å². The molecule has 1 aliphatic heterocycles. The van der Waals surface area contributed by atoms with Crippen LogP contribution in [0.25, 0.3) is 0 Å². The van der Waals surface area contributed by atoms with Gasteiger partial charge in [0.1, 0.15) is 0 Å². The highest BCUT2D eigenvalue weighted by atomic mass is 16.5. The zero-order valence-electron chi connectivity index (χ0n) is 9.74. The molecule has 0 aromatic heterocycles. The summed E-state index contributed by atoms with van der Waals surface area (Å²) in [7, 11) is 0. The maximum atomic E-state index is 8.50. The minimum atomic E-state index is 0.115. The number of nitrogens with one attached hydrogen (secondary N) is 1. The molecule has 0 saturated carbocycles. The number of rotatable bonds is 8. The third kappa shape index (κ3) is 5.47. The van der Waals surface area contributed by atoms with E-state index in [2.05, 4.69) is 17.1 Å². The van der Waals surface area contributed by atoms with Crippen LogP contribution in [-0.2, 0) is 4.74 Å². The van der Waals surface area contributed by atoms with Crippen LogP contribution in [0.2, 0.25) is 0 Å². The third-order valence-electron chi connectivity index (χ3n) is 2.86. The highest BCUT2D eigenvalue weighted by Crippen LogP contribution is 2.10. The average Bonchev–Trinajstić information content (AvgIpc) is 2.76. The molecular formula is C11H24N2O2. The van der Waals surface area contributed by atoms with E-state index in [1.165, 1.54) is 25.9 Å². The van der Waals surface area contributed by atoms with Gasteiger partial charge in [-0.1, -0.05) is 0 Å². The Labute approximate surface area is 92.6 Å². The summed E-state index contributed by atoms with van der Waals surface area (Å²) in [5.41, 5.74) is 0. The zero-order chi connectivity index (χ0) is 10.9. The predicted molar refractivity (Wildman–Crippen MR) is 61.0 cm³/mol. The van der Waals surface area contributed by atoms with Gasteiger partial charge in [-0.3, -0.25) is 4.90 Å². The van der Waals surface area contributed by atoms with E-state index in [0.717, 1.165) is 13.1 Å². The number of hydrogen-bond acceptors (Lipinski definition) is 4. The van der Waals surface area contributed by atoms with Crippen LogP contribution in [0.4, 0.5) is 0 Å². The zero-order valence-corrected chi connectivity index (χ0v) is 9.74. The van der Waals surface area contributed by atoms with Gasteiger partial charge in [0.15, 0.2) is 0 Å². The summed E-state index contributed by atoms with van der Waals surface area (Å²) in [6, 6.07) is 0.630. The monoisotopic (exact) mass is 216 g/mol. The lowest BCUT2D eigenvalue weighted by Crippen LogP contribution is -2.39. The Morgan fingerprint density at radius 2 is 2.07 bits per heavy atom. The minimum absolute atomic E-state index is 0.115. The molecule has 0 aromatic rings. The summed E-state index contributed by atoms with van der Waals surface area (Å²) in [4.78, 5) is 2.53. The molecule has 1 heterocycles. The van der Waals surface area contributed by atoms with E-state index in [1.54, 1.807) is 0 Å². The topological polar surface area (TPSA) is 44.7 Å². The molecule has 1 rings (SSSR count). The number of ether oxygens (including phenoxy) is 1. The van der Waals surface area contributed by atoms with Gasteiger partial charge in [-0.25, -0.2) is 0 Å². The minimum Gasteiger partial charge on any atom is -0.394 e. The number of aliphatic hydroxyl groups is 1. The van der Waals surface area contributed by atoms with Crippen LogP contribution in [0.5, 0.6) is 0 Å². The molecule has 0 aliphatic carbocycles. The highest BCUT2D eigenvalue weighted by molar-refractivity contribution is 4.74. The van der Waals surface area contributed by atoms with E-state index in [9.17, 15) is 0 Å². The fourth-order valence-electron chi connectivity index (χ4n) is 1.93. The first-order valence-corrected chi connectivity index (χ1v) is 5.98. The summed E-state index contributed by atoms with van der Waals surface area (Å²) in [6.45, 7) is 7.93. The molecule has 1 aliphatic rings. The molecule has 0 aromatic carbocycles. The second-order valence-corrected chi connectivity index (χ2v) is 4.13. The van der Waals surface area contributed by atoms with Crippen molar-refractivity contribution >= 4 is 0 Å². The van der Waals surface area contributed by atoms with Crippen molar-refractivity contribution in [2.24, 2.45) is 0 Å². The Balaban J connectivity index is 1.90. The van der Waals surface area contributed by atoms with Crippen molar-refractivity contribution < 1.29 is 9.84 Å². The lowest BCUT2D eigenvalue weighted by atomic mass is 10.3. The molecule has 1 unspecified atom stereocenters. The normalized spacial score (nSPS) is 19.6. The van der Waals surface area contributed by atoms with Crippen LogP contribution in [0.15, 0.2) is 0 Å². The fourth-order valence-corrected chi connectivity index (χ4v) is 1.93. The highest BCUT2D eigenvalue weighted by Gasteiger charge is 2.16. The van der Waals surface area contributed by atoms with Gasteiger partial charge in [0, 0.05) is 19.1 Å². The van der Waals surface area contributed by atoms with Crippen molar-refractivity contribution in [2.45, 2.75) is 25.8 Å². The van der Waals surface area contributed by atoms with Crippen LogP contribution in [0.3, 0.4) is 0 Å². The predicted octanol–water partition coefficient (Wildman–Crippen LogP) is 0.0692. The van der Waals surface area contributed by atoms with Gasteiger partial charge in [-0.05, 0) is 32.9 Å². The first-order chi connectivity index (χ1) is 7.34. The molecular weight excluding hydrogens is 192 g/mol. The molecule has 1 atom stereocenters. The fraction of sp³-hybridized carbons (Fsp3) is 1.00. The van der Waals surface area contributed by atoms with Crippen molar-refractivity contribution in [2.75, 3.05) is 46.0 Å². The number of nitrogens with zero attached hydrogens (tertiary/aromatic N) is 1. The summed E-state index contributed by atoms with van der Waals surface area (Å²) in [5, 5.41) is 11.9. The third-order valence-corrected chi connectivity index (χ3v) is 2.86. The van der Waals surface area contributed by atoms with E-state index in [0.29, 0.717) is 19.3 Å².